The van der Waals surface area contributed by atoms with Crippen LogP contribution in [-0.4, -0.2) is 26.5 Å². The average Bonchev–Trinajstić information content (AvgIpc) is 2.23. The van der Waals surface area contributed by atoms with E-state index in [9.17, 15) is 12.8 Å². The molecule has 0 bridgehead atoms. The van der Waals surface area contributed by atoms with Gasteiger partial charge < -0.3 is 10.5 Å². The predicted molar refractivity (Wildman–Crippen MR) is 60.6 cm³/mol. The van der Waals surface area contributed by atoms with E-state index in [1.807, 2.05) is 0 Å². The molecule has 16 heavy (non-hydrogen) atoms. The number of anilines is 1. The highest BCUT2D eigenvalue weighted by atomic mass is 32.2. The minimum Gasteiger partial charge on any atom is -0.490 e. The highest BCUT2D eigenvalue weighted by molar-refractivity contribution is 7.91. The highest BCUT2D eigenvalue weighted by Crippen LogP contribution is 2.21. The van der Waals surface area contributed by atoms with E-state index in [1.165, 1.54) is 12.1 Å². The number of halogens is 1. The van der Waals surface area contributed by atoms with Crippen molar-refractivity contribution in [2.24, 2.45) is 0 Å². The minimum absolute atomic E-state index is 0.0240. The summed E-state index contributed by atoms with van der Waals surface area (Å²) in [6.07, 6.45) is 0. The molecular weight excluding hydrogens is 233 g/mol. The van der Waals surface area contributed by atoms with Gasteiger partial charge in [-0.1, -0.05) is 6.92 Å². The average molecular weight is 247 g/mol. The van der Waals surface area contributed by atoms with Gasteiger partial charge in [0.05, 0.1) is 11.4 Å². The lowest BCUT2D eigenvalue weighted by atomic mass is 10.3. The molecule has 0 aromatic heterocycles. The maximum Gasteiger partial charge on any atom is 0.153 e. The highest BCUT2D eigenvalue weighted by Gasteiger charge is 2.08. The van der Waals surface area contributed by atoms with Gasteiger partial charge in [-0.3, -0.25) is 0 Å². The topological polar surface area (TPSA) is 69.4 Å². The molecule has 1 aromatic rings. The first-order chi connectivity index (χ1) is 7.44. The summed E-state index contributed by atoms with van der Waals surface area (Å²) in [6.45, 7) is 1.54. The molecule has 0 atom stereocenters. The van der Waals surface area contributed by atoms with Crippen LogP contribution in [0.5, 0.6) is 5.75 Å². The van der Waals surface area contributed by atoms with E-state index in [4.69, 9.17) is 10.5 Å². The third-order valence-corrected chi connectivity index (χ3v) is 3.74. The summed E-state index contributed by atoms with van der Waals surface area (Å²) < 4.78 is 40.2. The SMILES string of the molecule is CCS(=O)(=O)CCOc1cc(F)ccc1N. The van der Waals surface area contributed by atoms with Crippen molar-refractivity contribution in [3.8, 4) is 5.75 Å². The summed E-state index contributed by atoms with van der Waals surface area (Å²) in [7, 11) is -3.07. The molecule has 0 spiro atoms. The van der Waals surface area contributed by atoms with Crippen molar-refractivity contribution in [1.29, 1.82) is 0 Å². The fourth-order valence-electron chi connectivity index (χ4n) is 1.06. The summed E-state index contributed by atoms with van der Waals surface area (Å²) in [4.78, 5) is 0. The monoisotopic (exact) mass is 247 g/mol. The molecule has 1 rings (SSSR count). The van der Waals surface area contributed by atoms with Crippen molar-refractivity contribution >= 4 is 15.5 Å². The van der Waals surface area contributed by atoms with Crippen molar-refractivity contribution < 1.29 is 17.5 Å². The second-order valence-electron chi connectivity index (χ2n) is 3.27. The molecule has 6 heteroatoms. The summed E-state index contributed by atoms with van der Waals surface area (Å²) in [6, 6.07) is 3.72. The van der Waals surface area contributed by atoms with E-state index in [2.05, 4.69) is 0 Å². The molecule has 0 saturated carbocycles. The van der Waals surface area contributed by atoms with Gasteiger partial charge in [0.15, 0.2) is 9.84 Å². The zero-order valence-electron chi connectivity index (χ0n) is 8.94. The lowest BCUT2D eigenvalue weighted by molar-refractivity contribution is 0.341. The van der Waals surface area contributed by atoms with Gasteiger partial charge in [-0.25, -0.2) is 12.8 Å². The Hall–Kier alpha value is -1.30. The van der Waals surface area contributed by atoms with Gasteiger partial charge in [0.25, 0.3) is 0 Å². The molecule has 2 N–H and O–H groups in total. The first-order valence-electron chi connectivity index (χ1n) is 4.83. The molecule has 0 heterocycles. The van der Waals surface area contributed by atoms with Crippen LogP contribution in [0, 0.1) is 5.82 Å². The first-order valence-corrected chi connectivity index (χ1v) is 6.65. The number of hydrogen-bond acceptors (Lipinski definition) is 4. The molecule has 90 valence electrons. The fourth-order valence-corrected chi connectivity index (χ4v) is 1.68. The van der Waals surface area contributed by atoms with E-state index in [1.54, 1.807) is 6.92 Å². The van der Waals surface area contributed by atoms with Crippen molar-refractivity contribution in [2.45, 2.75) is 6.92 Å². The molecule has 1 aromatic carbocycles. The van der Waals surface area contributed by atoms with Crippen molar-refractivity contribution in [2.75, 3.05) is 23.8 Å². The van der Waals surface area contributed by atoms with Gasteiger partial charge in [-0.05, 0) is 12.1 Å². The Morgan fingerprint density at radius 3 is 2.75 bits per heavy atom. The van der Waals surface area contributed by atoms with Gasteiger partial charge >= 0.3 is 0 Å². The van der Waals surface area contributed by atoms with E-state index < -0.39 is 15.7 Å². The Balaban J connectivity index is 2.59. The Morgan fingerprint density at radius 1 is 1.44 bits per heavy atom. The van der Waals surface area contributed by atoms with Gasteiger partial charge in [-0.2, -0.15) is 0 Å². The molecule has 4 nitrogen and oxygen atoms in total. The third-order valence-electron chi connectivity index (χ3n) is 2.07. The van der Waals surface area contributed by atoms with E-state index in [-0.39, 0.29) is 29.5 Å². The Morgan fingerprint density at radius 2 is 2.12 bits per heavy atom. The van der Waals surface area contributed by atoms with E-state index in [0.717, 1.165) is 6.07 Å². The summed E-state index contributed by atoms with van der Waals surface area (Å²) in [5.41, 5.74) is 5.82. The Kier molecular flexibility index (Phi) is 4.12. The van der Waals surface area contributed by atoms with Crippen LogP contribution in [0.3, 0.4) is 0 Å². The van der Waals surface area contributed by atoms with E-state index in [0.29, 0.717) is 0 Å². The molecule has 0 aliphatic heterocycles. The van der Waals surface area contributed by atoms with Crippen LogP contribution in [0.4, 0.5) is 10.1 Å². The third kappa shape index (κ3) is 3.69. The van der Waals surface area contributed by atoms with Crippen LogP contribution < -0.4 is 10.5 Å². The lowest BCUT2D eigenvalue weighted by Crippen LogP contribution is -2.16. The number of sulfone groups is 1. The molecule has 0 aliphatic carbocycles. The zero-order chi connectivity index (χ0) is 12.2. The normalized spacial score (nSPS) is 11.4. The Labute approximate surface area is 94.1 Å². The van der Waals surface area contributed by atoms with Crippen LogP contribution >= 0.6 is 0 Å². The van der Waals surface area contributed by atoms with Crippen LogP contribution in [0.1, 0.15) is 6.92 Å². The maximum atomic E-state index is 12.8. The molecule has 0 amide bonds. The number of rotatable bonds is 5. The molecule has 0 fully saturated rings. The smallest absolute Gasteiger partial charge is 0.153 e. The largest absolute Gasteiger partial charge is 0.490 e. The summed E-state index contributed by atoms with van der Waals surface area (Å²) in [5.74, 6) is -0.331. The molecular formula is C10H14FNO3S. The van der Waals surface area contributed by atoms with Gasteiger partial charge in [0, 0.05) is 11.8 Å². The minimum atomic E-state index is -3.07. The quantitative estimate of drug-likeness (QED) is 0.794. The standard InChI is InChI=1S/C10H14FNO3S/c1-2-16(13,14)6-5-15-10-7-8(11)3-4-9(10)12/h3-4,7H,2,5-6,12H2,1H3. The first kappa shape index (κ1) is 12.8. The number of nitrogen functional groups attached to an aromatic ring is 1. The number of benzene rings is 1. The fraction of sp³-hybridized carbons (Fsp3) is 0.400. The molecule has 0 saturated heterocycles. The van der Waals surface area contributed by atoms with Crippen LogP contribution in [-0.2, 0) is 9.84 Å². The summed E-state index contributed by atoms with van der Waals surface area (Å²) in [5, 5.41) is 0. The van der Waals surface area contributed by atoms with E-state index >= 15 is 0 Å². The summed E-state index contributed by atoms with van der Waals surface area (Å²) >= 11 is 0. The number of nitrogens with two attached hydrogens (primary N) is 1. The molecule has 0 unspecified atom stereocenters. The molecule has 0 aliphatic rings. The van der Waals surface area contributed by atoms with Crippen LogP contribution in [0.15, 0.2) is 18.2 Å². The van der Waals surface area contributed by atoms with Crippen molar-refractivity contribution in [3.05, 3.63) is 24.0 Å². The maximum absolute atomic E-state index is 12.8. The number of ether oxygens (including phenoxy) is 1. The van der Waals surface area contributed by atoms with Crippen LogP contribution in [0.2, 0.25) is 0 Å². The predicted octanol–water partition coefficient (Wildman–Crippen LogP) is 1.22. The second kappa shape index (κ2) is 5.16. The van der Waals surface area contributed by atoms with Gasteiger partial charge in [0.2, 0.25) is 0 Å². The number of hydrogen-bond donors (Lipinski definition) is 1. The zero-order valence-corrected chi connectivity index (χ0v) is 9.76. The Bertz CT molecular complexity index is 459. The van der Waals surface area contributed by atoms with Gasteiger partial charge in [0.1, 0.15) is 18.2 Å². The van der Waals surface area contributed by atoms with Crippen molar-refractivity contribution in [1.82, 2.24) is 0 Å². The molecule has 0 radical (unpaired) electrons. The second-order valence-corrected chi connectivity index (χ2v) is 5.74. The lowest BCUT2D eigenvalue weighted by Gasteiger charge is -2.08. The van der Waals surface area contributed by atoms with Crippen molar-refractivity contribution in [3.63, 3.8) is 0 Å². The van der Waals surface area contributed by atoms with Crippen LogP contribution in [0.25, 0.3) is 0 Å². The van der Waals surface area contributed by atoms with Gasteiger partial charge in [-0.15, -0.1) is 0 Å².